The fourth-order valence-corrected chi connectivity index (χ4v) is 2.63. The van der Waals surface area contributed by atoms with E-state index in [1.807, 2.05) is 6.07 Å². The fourth-order valence-electron chi connectivity index (χ4n) is 2.63. The molecule has 2 aliphatic rings. The summed E-state index contributed by atoms with van der Waals surface area (Å²) in [7, 11) is 0. The molecule has 1 fully saturated rings. The molecule has 102 valence electrons. The lowest BCUT2D eigenvalue weighted by Gasteiger charge is -2.33. The normalized spacial score (nSPS) is 28.8. The maximum absolute atomic E-state index is 11.9. The molecule has 3 atom stereocenters. The van der Waals surface area contributed by atoms with E-state index in [9.17, 15) is 9.59 Å². The van der Waals surface area contributed by atoms with Crippen LogP contribution in [0.4, 0.5) is 0 Å². The molecular weight excluding hydrogens is 248 g/mol. The zero-order valence-electron chi connectivity index (χ0n) is 11.0. The number of rotatable bonds is 2. The maximum Gasteiger partial charge on any atom is 0.313 e. The van der Waals surface area contributed by atoms with Gasteiger partial charge in [0, 0.05) is 19.4 Å². The number of carbonyl (C=O) groups is 2. The molecule has 0 saturated carbocycles. The largest absolute Gasteiger partial charge is 0.466 e. The molecule has 1 amide bonds. The predicted octanol–water partition coefficient (Wildman–Crippen LogP) is 0.798. The molecule has 2 aliphatic heterocycles. The van der Waals surface area contributed by atoms with Gasteiger partial charge in [0.25, 0.3) is 0 Å². The quantitative estimate of drug-likeness (QED) is 0.689. The molecule has 0 aromatic rings. The summed E-state index contributed by atoms with van der Waals surface area (Å²) >= 11 is 0. The van der Waals surface area contributed by atoms with Crippen LogP contribution in [0.5, 0.6) is 0 Å². The number of ether oxygens (including phenoxy) is 2. The monoisotopic (exact) mass is 264 g/mol. The average Bonchev–Trinajstić information content (AvgIpc) is 2.81. The van der Waals surface area contributed by atoms with E-state index in [-0.39, 0.29) is 23.6 Å². The molecule has 0 N–H and O–H groups in total. The minimum Gasteiger partial charge on any atom is -0.466 e. The molecule has 0 bridgehead atoms. The van der Waals surface area contributed by atoms with E-state index in [1.54, 1.807) is 11.8 Å². The van der Waals surface area contributed by atoms with Gasteiger partial charge < -0.3 is 14.4 Å². The molecule has 0 aromatic carbocycles. The van der Waals surface area contributed by atoms with E-state index in [4.69, 9.17) is 14.7 Å². The molecule has 19 heavy (non-hydrogen) atoms. The van der Waals surface area contributed by atoms with Gasteiger partial charge >= 0.3 is 5.97 Å². The van der Waals surface area contributed by atoms with Crippen molar-refractivity contribution >= 4 is 11.9 Å². The van der Waals surface area contributed by atoms with Crippen molar-refractivity contribution in [1.29, 1.82) is 5.26 Å². The smallest absolute Gasteiger partial charge is 0.313 e. The van der Waals surface area contributed by atoms with Crippen LogP contribution in [0.15, 0.2) is 11.8 Å². The highest BCUT2D eigenvalue weighted by atomic mass is 16.5. The molecule has 1 saturated heterocycles. The summed E-state index contributed by atoms with van der Waals surface area (Å²) < 4.78 is 10.5. The highest BCUT2D eigenvalue weighted by Gasteiger charge is 2.47. The van der Waals surface area contributed by atoms with Crippen LogP contribution in [0.25, 0.3) is 0 Å². The zero-order valence-corrected chi connectivity index (χ0v) is 11.0. The summed E-state index contributed by atoms with van der Waals surface area (Å²) in [6.45, 7) is 4.02. The van der Waals surface area contributed by atoms with Crippen LogP contribution < -0.4 is 0 Å². The highest BCUT2D eigenvalue weighted by molar-refractivity contribution is 5.77. The van der Waals surface area contributed by atoms with Crippen LogP contribution in [-0.2, 0) is 19.1 Å². The first-order chi connectivity index (χ1) is 9.08. The Morgan fingerprint density at radius 2 is 2.37 bits per heavy atom. The van der Waals surface area contributed by atoms with Gasteiger partial charge in [-0.05, 0) is 19.4 Å². The molecule has 0 radical (unpaired) electrons. The van der Waals surface area contributed by atoms with Gasteiger partial charge in [-0.3, -0.25) is 9.59 Å². The van der Waals surface area contributed by atoms with Crippen molar-refractivity contribution in [2.75, 3.05) is 13.2 Å². The summed E-state index contributed by atoms with van der Waals surface area (Å²) in [4.78, 5) is 25.0. The molecule has 6 nitrogen and oxygen atoms in total. The van der Waals surface area contributed by atoms with Crippen LogP contribution in [0.3, 0.4) is 0 Å². The third-order valence-corrected chi connectivity index (χ3v) is 3.49. The summed E-state index contributed by atoms with van der Waals surface area (Å²) in [6.07, 6.45) is 1.64. The molecule has 0 unspecified atom stereocenters. The Morgan fingerprint density at radius 3 is 2.95 bits per heavy atom. The number of hydrogen-bond donors (Lipinski definition) is 0. The highest BCUT2D eigenvalue weighted by Crippen LogP contribution is 2.38. The van der Waals surface area contributed by atoms with Crippen molar-refractivity contribution in [3.8, 4) is 6.07 Å². The van der Waals surface area contributed by atoms with E-state index in [2.05, 4.69) is 0 Å². The van der Waals surface area contributed by atoms with E-state index in [0.29, 0.717) is 19.6 Å². The SMILES string of the molecule is CCOC(=O)[C@@H]1C=C(C#N)O[C@H]2[C@@H]1CCN2C(C)=O. The van der Waals surface area contributed by atoms with Crippen molar-refractivity contribution in [2.24, 2.45) is 11.8 Å². The first-order valence-corrected chi connectivity index (χ1v) is 6.31. The number of esters is 1. The van der Waals surface area contributed by atoms with Gasteiger partial charge in [0.1, 0.15) is 6.07 Å². The Hall–Kier alpha value is -2.03. The van der Waals surface area contributed by atoms with Crippen LogP contribution in [-0.4, -0.2) is 36.2 Å². The molecule has 2 rings (SSSR count). The van der Waals surface area contributed by atoms with Crippen LogP contribution in [0.2, 0.25) is 0 Å². The summed E-state index contributed by atoms with van der Waals surface area (Å²) in [5.74, 6) is -1.06. The summed E-state index contributed by atoms with van der Waals surface area (Å²) in [5, 5.41) is 8.97. The van der Waals surface area contributed by atoms with Gasteiger partial charge in [-0.1, -0.05) is 0 Å². The van der Waals surface area contributed by atoms with Crippen molar-refractivity contribution < 1.29 is 19.1 Å². The van der Waals surface area contributed by atoms with Gasteiger partial charge in [0.05, 0.1) is 12.5 Å². The second kappa shape index (κ2) is 5.31. The van der Waals surface area contributed by atoms with Crippen molar-refractivity contribution in [3.63, 3.8) is 0 Å². The number of nitriles is 1. The van der Waals surface area contributed by atoms with Crippen LogP contribution >= 0.6 is 0 Å². The van der Waals surface area contributed by atoms with Gasteiger partial charge in [-0.2, -0.15) is 5.26 Å². The van der Waals surface area contributed by atoms with E-state index >= 15 is 0 Å². The second-order valence-corrected chi connectivity index (χ2v) is 4.59. The maximum atomic E-state index is 11.9. The number of hydrogen-bond acceptors (Lipinski definition) is 5. The molecule has 0 spiro atoms. The van der Waals surface area contributed by atoms with E-state index < -0.39 is 12.1 Å². The zero-order chi connectivity index (χ0) is 14.0. The third kappa shape index (κ3) is 2.41. The van der Waals surface area contributed by atoms with Gasteiger partial charge in [-0.25, -0.2) is 0 Å². The predicted molar refractivity (Wildman–Crippen MR) is 64.2 cm³/mol. The van der Waals surface area contributed by atoms with Crippen molar-refractivity contribution in [3.05, 3.63) is 11.8 Å². The Kier molecular flexibility index (Phi) is 3.74. The molecular formula is C13H16N2O4. The Morgan fingerprint density at radius 1 is 1.63 bits per heavy atom. The molecule has 0 aliphatic carbocycles. The standard InChI is InChI=1S/C13H16N2O4/c1-3-18-13(17)11-6-9(7-14)19-12-10(11)4-5-15(12)8(2)16/h6,10-12H,3-5H2,1-2H3/t10-,11-,12+/m1/s1. The number of amides is 1. The average molecular weight is 264 g/mol. The Bertz CT molecular complexity index is 466. The minimum absolute atomic E-state index is 0.0763. The lowest BCUT2D eigenvalue weighted by Crippen LogP contribution is -2.43. The van der Waals surface area contributed by atoms with Gasteiger partial charge in [-0.15, -0.1) is 0 Å². The van der Waals surface area contributed by atoms with Crippen LogP contribution in [0.1, 0.15) is 20.3 Å². The summed E-state index contributed by atoms with van der Waals surface area (Å²) in [5.41, 5.74) is 0. The topological polar surface area (TPSA) is 79.6 Å². The molecule has 0 aromatic heterocycles. The molecule has 2 heterocycles. The molecule has 6 heteroatoms. The summed E-state index contributed by atoms with van der Waals surface area (Å²) in [6, 6.07) is 1.90. The van der Waals surface area contributed by atoms with Gasteiger partial charge in [0.2, 0.25) is 5.91 Å². The van der Waals surface area contributed by atoms with E-state index in [1.165, 1.54) is 13.0 Å². The number of likely N-dealkylation sites (tertiary alicyclic amines) is 1. The van der Waals surface area contributed by atoms with Gasteiger partial charge in [0.15, 0.2) is 12.0 Å². The minimum atomic E-state index is -0.536. The first-order valence-electron chi connectivity index (χ1n) is 6.31. The van der Waals surface area contributed by atoms with E-state index in [0.717, 1.165) is 0 Å². The van der Waals surface area contributed by atoms with Crippen molar-refractivity contribution in [2.45, 2.75) is 26.5 Å². The number of nitrogens with zero attached hydrogens (tertiary/aromatic N) is 2. The van der Waals surface area contributed by atoms with Crippen molar-refractivity contribution in [1.82, 2.24) is 4.90 Å². The van der Waals surface area contributed by atoms with Crippen LogP contribution in [0, 0.1) is 23.2 Å². The first kappa shape index (κ1) is 13.4. The third-order valence-electron chi connectivity index (χ3n) is 3.49. The number of carbonyl (C=O) groups excluding carboxylic acids is 2. The fraction of sp³-hybridized carbons (Fsp3) is 0.615. The number of fused-ring (bicyclic) bond motifs is 1. The lowest BCUT2D eigenvalue weighted by atomic mass is 9.88. The Labute approximate surface area is 111 Å². The number of allylic oxidation sites excluding steroid dienone is 1. The second-order valence-electron chi connectivity index (χ2n) is 4.59. The lowest BCUT2D eigenvalue weighted by molar-refractivity contribution is -0.155. The Balaban J connectivity index is 2.26.